The van der Waals surface area contributed by atoms with E-state index >= 15 is 0 Å². The van der Waals surface area contributed by atoms with E-state index < -0.39 is 0 Å². The second-order valence-electron chi connectivity index (χ2n) is 6.09. The predicted octanol–water partition coefficient (Wildman–Crippen LogP) is 5.26. The second kappa shape index (κ2) is 8.12. The summed E-state index contributed by atoms with van der Waals surface area (Å²) in [7, 11) is 0. The minimum atomic E-state index is 0.401. The number of fused-ring (bicyclic) bond motifs is 1. The van der Waals surface area contributed by atoms with Gasteiger partial charge in [0.2, 0.25) is 0 Å². The highest BCUT2D eigenvalue weighted by atomic mass is 15.1. The monoisotopic (exact) mass is 342 g/mol. The van der Waals surface area contributed by atoms with Crippen molar-refractivity contribution in [3.05, 3.63) is 90.0 Å². The first-order chi connectivity index (χ1) is 12.6. The molecular weight excluding hydrogens is 320 g/mol. The number of rotatable bonds is 2. The molecule has 0 radical (unpaired) electrons. The molecule has 4 nitrogen and oxygen atoms in total. The van der Waals surface area contributed by atoms with E-state index in [1.54, 1.807) is 0 Å². The van der Waals surface area contributed by atoms with E-state index in [0.29, 0.717) is 11.6 Å². The van der Waals surface area contributed by atoms with Crippen LogP contribution in [0, 0.1) is 13.8 Å². The number of para-hydroxylation sites is 3. The highest BCUT2D eigenvalue weighted by Crippen LogP contribution is 2.22. The van der Waals surface area contributed by atoms with Crippen LogP contribution in [0.3, 0.4) is 0 Å². The first-order valence-electron chi connectivity index (χ1n) is 8.49. The highest BCUT2D eigenvalue weighted by Gasteiger charge is 2.05. The molecule has 4 aromatic rings. The van der Waals surface area contributed by atoms with Crippen LogP contribution < -0.4 is 11.1 Å². The smallest absolute Gasteiger partial charge is 0.174 e. The molecule has 0 saturated carbocycles. The topological polar surface area (TPSA) is 63.8 Å². The summed E-state index contributed by atoms with van der Waals surface area (Å²) >= 11 is 0. The van der Waals surface area contributed by atoms with Crippen molar-refractivity contribution < 1.29 is 0 Å². The van der Waals surface area contributed by atoms with Crippen LogP contribution in [0.25, 0.3) is 11.0 Å². The third-order valence-corrected chi connectivity index (χ3v) is 3.85. The number of aromatic nitrogens is 2. The Bertz CT molecular complexity index is 959. The zero-order valence-electron chi connectivity index (χ0n) is 15.0. The Morgan fingerprint density at radius 2 is 1.15 bits per heavy atom. The third-order valence-electron chi connectivity index (χ3n) is 3.85. The van der Waals surface area contributed by atoms with Crippen molar-refractivity contribution in [1.29, 1.82) is 0 Å². The van der Waals surface area contributed by atoms with Crippen molar-refractivity contribution in [3.63, 3.8) is 0 Å². The Morgan fingerprint density at radius 3 is 1.73 bits per heavy atom. The maximum absolute atomic E-state index is 5.90. The molecule has 0 fully saturated rings. The molecule has 0 unspecified atom stereocenters. The minimum Gasteiger partial charge on any atom is -0.381 e. The lowest BCUT2D eigenvalue weighted by molar-refractivity contribution is 1.29. The largest absolute Gasteiger partial charge is 0.381 e. The quantitative estimate of drug-likeness (QED) is 0.521. The van der Waals surface area contributed by atoms with Crippen molar-refractivity contribution in [2.24, 2.45) is 0 Å². The number of anilines is 3. The molecule has 0 aliphatic rings. The number of hydrogen-bond acceptors (Lipinski definition) is 4. The lowest BCUT2D eigenvalue weighted by atomic mass is 10.2. The highest BCUT2D eigenvalue weighted by molar-refractivity contribution is 5.80. The molecule has 130 valence electrons. The summed E-state index contributed by atoms with van der Waals surface area (Å²) in [6.07, 6.45) is 0. The molecule has 0 aliphatic carbocycles. The zero-order chi connectivity index (χ0) is 18.4. The van der Waals surface area contributed by atoms with Crippen LogP contribution in [0.4, 0.5) is 17.3 Å². The van der Waals surface area contributed by atoms with Crippen molar-refractivity contribution in [3.8, 4) is 0 Å². The van der Waals surface area contributed by atoms with Gasteiger partial charge in [-0.2, -0.15) is 0 Å². The summed E-state index contributed by atoms with van der Waals surface area (Å²) in [5, 5.41) is 3.17. The second-order valence-corrected chi connectivity index (χ2v) is 6.09. The number of nitrogens with zero attached hydrogens (tertiary/aromatic N) is 2. The molecule has 3 aromatic carbocycles. The van der Waals surface area contributed by atoms with Crippen LogP contribution in [0.15, 0.2) is 78.9 Å². The molecule has 0 atom stereocenters. The SMILES string of the molecule is Cc1ccc(C)cc1.Nc1nc2ccccc2nc1Nc1ccccc1. The van der Waals surface area contributed by atoms with Gasteiger partial charge in [0.15, 0.2) is 11.6 Å². The molecule has 26 heavy (non-hydrogen) atoms. The van der Waals surface area contributed by atoms with Crippen LogP contribution in [-0.2, 0) is 0 Å². The Labute approximate surface area is 153 Å². The molecule has 0 amide bonds. The van der Waals surface area contributed by atoms with Gasteiger partial charge in [-0.3, -0.25) is 0 Å². The fourth-order valence-corrected chi connectivity index (χ4v) is 2.40. The van der Waals surface area contributed by atoms with Gasteiger partial charge in [-0.05, 0) is 38.1 Å². The summed E-state index contributed by atoms with van der Waals surface area (Å²) in [6, 6.07) is 25.9. The van der Waals surface area contributed by atoms with Crippen LogP contribution in [-0.4, -0.2) is 9.97 Å². The predicted molar refractivity (Wildman–Crippen MR) is 110 cm³/mol. The molecule has 0 bridgehead atoms. The molecule has 0 saturated heterocycles. The van der Waals surface area contributed by atoms with E-state index in [1.165, 1.54) is 11.1 Å². The van der Waals surface area contributed by atoms with Gasteiger partial charge in [-0.1, -0.05) is 65.7 Å². The van der Waals surface area contributed by atoms with Crippen LogP contribution in [0.5, 0.6) is 0 Å². The van der Waals surface area contributed by atoms with Crippen molar-refractivity contribution in [2.75, 3.05) is 11.1 Å². The lowest BCUT2D eigenvalue weighted by Crippen LogP contribution is -2.02. The summed E-state index contributed by atoms with van der Waals surface area (Å²) < 4.78 is 0. The van der Waals surface area contributed by atoms with Gasteiger partial charge in [0, 0.05) is 5.69 Å². The van der Waals surface area contributed by atoms with E-state index in [1.807, 2.05) is 54.6 Å². The fraction of sp³-hybridized carbons (Fsp3) is 0.0909. The van der Waals surface area contributed by atoms with E-state index in [0.717, 1.165) is 16.7 Å². The molecule has 0 spiro atoms. The van der Waals surface area contributed by atoms with Crippen LogP contribution >= 0.6 is 0 Å². The minimum absolute atomic E-state index is 0.401. The van der Waals surface area contributed by atoms with Gasteiger partial charge in [-0.25, -0.2) is 9.97 Å². The molecule has 0 aliphatic heterocycles. The Kier molecular flexibility index (Phi) is 5.44. The van der Waals surface area contributed by atoms with Gasteiger partial charge in [-0.15, -0.1) is 0 Å². The molecule has 1 heterocycles. The fourth-order valence-electron chi connectivity index (χ4n) is 2.40. The molecular formula is C22H22N4. The van der Waals surface area contributed by atoms with Crippen molar-refractivity contribution in [2.45, 2.75) is 13.8 Å². The number of benzene rings is 3. The summed E-state index contributed by atoms with van der Waals surface area (Å²) in [5.41, 5.74) is 11.1. The van der Waals surface area contributed by atoms with Crippen molar-refractivity contribution >= 4 is 28.4 Å². The average molecular weight is 342 g/mol. The van der Waals surface area contributed by atoms with Gasteiger partial charge in [0.05, 0.1) is 11.0 Å². The zero-order valence-corrected chi connectivity index (χ0v) is 15.0. The molecule has 4 rings (SSSR count). The number of nitrogen functional groups attached to an aromatic ring is 1. The van der Waals surface area contributed by atoms with Crippen LogP contribution in [0.2, 0.25) is 0 Å². The lowest BCUT2D eigenvalue weighted by Gasteiger charge is -2.08. The molecule has 1 aromatic heterocycles. The first-order valence-corrected chi connectivity index (χ1v) is 8.49. The van der Waals surface area contributed by atoms with E-state index in [2.05, 4.69) is 53.4 Å². The first kappa shape index (κ1) is 17.4. The Hall–Kier alpha value is -3.40. The Balaban J connectivity index is 0.000000206. The number of hydrogen-bond donors (Lipinski definition) is 2. The maximum Gasteiger partial charge on any atom is 0.174 e. The van der Waals surface area contributed by atoms with Gasteiger partial charge in [0.25, 0.3) is 0 Å². The summed E-state index contributed by atoms with van der Waals surface area (Å²) in [5.74, 6) is 0.984. The maximum atomic E-state index is 5.90. The summed E-state index contributed by atoms with van der Waals surface area (Å²) in [4.78, 5) is 8.80. The number of nitrogens with two attached hydrogens (primary N) is 1. The number of aryl methyl sites for hydroxylation is 2. The van der Waals surface area contributed by atoms with Gasteiger partial charge in [0.1, 0.15) is 0 Å². The molecule has 3 N–H and O–H groups in total. The van der Waals surface area contributed by atoms with Gasteiger partial charge < -0.3 is 11.1 Å². The normalized spacial score (nSPS) is 10.1. The van der Waals surface area contributed by atoms with E-state index in [9.17, 15) is 0 Å². The average Bonchev–Trinajstić information content (AvgIpc) is 2.66. The standard InChI is InChI=1S/C14H12N4.C8H10/c15-13-14(16-10-6-2-1-3-7-10)18-12-9-5-4-8-11(12)17-13;1-7-3-5-8(2)6-4-7/h1-9H,(H2,15,17)(H,16,18);3-6H,1-2H3. The number of nitrogens with one attached hydrogen (secondary N) is 1. The van der Waals surface area contributed by atoms with Crippen LogP contribution in [0.1, 0.15) is 11.1 Å². The summed E-state index contributed by atoms with van der Waals surface area (Å²) in [6.45, 7) is 4.19. The van der Waals surface area contributed by atoms with Crippen molar-refractivity contribution in [1.82, 2.24) is 9.97 Å². The Morgan fingerprint density at radius 1 is 0.654 bits per heavy atom. The van der Waals surface area contributed by atoms with E-state index in [-0.39, 0.29) is 0 Å². The molecule has 4 heteroatoms. The van der Waals surface area contributed by atoms with Gasteiger partial charge >= 0.3 is 0 Å². The van der Waals surface area contributed by atoms with E-state index in [4.69, 9.17) is 5.73 Å². The third kappa shape index (κ3) is 4.57.